The lowest BCUT2D eigenvalue weighted by molar-refractivity contribution is 1.05. The van der Waals surface area contributed by atoms with Crippen LogP contribution >= 0.6 is 15.9 Å². The van der Waals surface area contributed by atoms with E-state index in [4.69, 9.17) is 0 Å². The molecule has 4 rings (SSSR count). The molecule has 2 heterocycles. The number of hydrogen-bond donors (Lipinski definition) is 0. The second-order valence-corrected chi connectivity index (χ2v) is 6.20. The zero-order valence-corrected chi connectivity index (χ0v) is 14.3. The van der Waals surface area contributed by atoms with Gasteiger partial charge in [-0.05, 0) is 57.2 Å². The maximum absolute atomic E-state index is 4.57. The van der Waals surface area contributed by atoms with Gasteiger partial charge in [0.05, 0.1) is 17.7 Å². The molecule has 0 spiro atoms. The SMILES string of the molecule is Brc1cc(C=Nc2ccc3ccncc3c2)ccc1-n1ccnc1. The predicted molar refractivity (Wildman–Crippen MR) is 100 cm³/mol. The highest BCUT2D eigenvalue weighted by Crippen LogP contribution is 2.23. The second-order valence-electron chi connectivity index (χ2n) is 5.35. The zero-order chi connectivity index (χ0) is 16.4. The smallest absolute Gasteiger partial charge is 0.0992 e. The highest BCUT2D eigenvalue weighted by atomic mass is 79.9. The summed E-state index contributed by atoms with van der Waals surface area (Å²) >= 11 is 3.61. The quantitative estimate of drug-likeness (QED) is 0.475. The highest BCUT2D eigenvalue weighted by molar-refractivity contribution is 9.10. The summed E-state index contributed by atoms with van der Waals surface area (Å²) in [6, 6.07) is 14.2. The van der Waals surface area contributed by atoms with Crippen LogP contribution in [-0.2, 0) is 0 Å². The van der Waals surface area contributed by atoms with E-state index in [1.165, 1.54) is 0 Å². The van der Waals surface area contributed by atoms with Crippen molar-refractivity contribution in [1.82, 2.24) is 14.5 Å². The Hall–Kier alpha value is -2.79. The van der Waals surface area contributed by atoms with Crippen molar-refractivity contribution >= 4 is 38.6 Å². The van der Waals surface area contributed by atoms with Crippen LogP contribution in [0.2, 0.25) is 0 Å². The third-order valence-corrected chi connectivity index (χ3v) is 4.38. The van der Waals surface area contributed by atoms with Gasteiger partial charge in [-0.15, -0.1) is 0 Å². The third-order valence-electron chi connectivity index (χ3n) is 3.74. The average Bonchev–Trinajstić information content (AvgIpc) is 3.14. The molecular formula is C19H13BrN4. The molecule has 4 nitrogen and oxygen atoms in total. The van der Waals surface area contributed by atoms with Crippen molar-refractivity contribution in [2.45, 2.75) is 0 Å². The number of benzene rings is 2. The Labute approximate surface area is 147 Å². The number of nitrogens with zero attached hydrogens (tertiary/aromatic N) is 4. The molecule has 24 heavy (non-hydrogen) atoms. The Morgan fingerprint density at radius 3 is 2.75 bits per heavy atom. The van der Waals surface area contributed by atoms with E-state index in [1.807, 2.05) is 59.6 Å². The molecule has 0 amide bonds. The fourth-order valence-electron chi connectivity index (χ4n) is 2.52. The van der Waals surface area contributed by atoms with Crippen molar-refractivity contribution in [1.29, 1.82) is 0 Å². The maximum Gasteiger partial charge on any atom is 0.0992 e. The molecule has 0 bridgehead atoms. The lowest BCUT2D eigenvalue weighted by Gasteiger charge is -2.06. The molecule has 116 valence electrons. The molecule has 2 aromatic heterocycles. The fourth-order valence-corrected chi connectivity index (χ4v) is 3.12. The highest BCUT2D eigenvalue weighted by Gasteiger charge is 2.02. The first-order chi connectivity index (χ1) is 11.8. The van der Waals surface area contributed by atoms with Crippen molar-refractivity contribution in [3.63, 3.8) is 0 Å². The number of imidazole rings is 1. The molecule has 0 aliphatic carbocycles. The Balaban J connectivity index is 1.62. The first-order valence-electron chi connectivity index (χ1n) is 7.45. The van der Waals surface area contributed by atoms with Gasteiger partial charge in [0.15, 0.2) is 0 Å². The van der Waals surface area contributed by atoms with Crippen molar-refractivity contribution in [2.75, 3.05) is 0 Å². The van der Waals surface area contributed by atoms with Crippen molar-refractivity contribution in [3.8, 4) is 5.69 Å². The number of halogens is 1. The lowest BCUT2D eigenvalue weighted by atomic mass is 10.1. The topological polar surface area (TPSA) is 43.1 Å². The first kappa shape index (κ1) is 14.8. The van der Waals surface area contributed by atoms with E-state index in [2.05, 4.69) is 37.0 Å². The van der Waals surface area contributed by atoms with E-state index < -0.39 is 0 Å². The third kappa shape index (κ3) is 2.98. The normalized spacial score (nSPS) is 11.4. The Morgan fingerprint density at radius 2 is 1.92 bits per heavy atom. The standard InChI is InChI=1S/C19H13BrN4/c20-18-9-14(1-4-19(18)24-8-7-22-13-24)11-23-17-3-2-15-5-6-21-12-16(15)10-17/h1-13H. The number of aliphatic imine (C=N–C) groups is 1. The fraction of sp³-hybridized carbons (Fsp3) is 0. The molecule has 0 fully saturated rings. The summed E-state index contributed by atoms with van der Waals surface area (Å²) in [5, 5.41) is 2.25. The van der Waals surface area contributed by atoms with Crippen molar-refractivity contribution in [2.24, 2.45) is 4.99 Å². The van der Waals surface area contributed by atoms with E-state index in [0.29, 0.717) is 0 Å². The molecule has 4 aromatic rings. The number of hydrogen-bond acceptors (Lipinski definition) is 3. The van der Waals surface area contributed by atoms with Gasteiger partial charge in [-0.2, -0.15) is 0 Å². The summed E-state index contributed by atoms with van der Waals surface area (Å²) in [6.07, 6.45) is 11.0. The second kappa shape index (κ2) is 6.37. The molecule has 0 saturated heterocycles. The van der Waals surface area contributed by atoms with Crippen LogP contribution in [0.4, 0.5) is 5.69 Å². The van der Waals surface area contributed by atoms with Gasteiger partial charge in [-0.25, -0.2) is 4.98 Å². The van der Waals surface area contributed by atoms with Crippen LogP contribution in [0.5, 0.6) is 0 Å². The summed E-state index contributed by atoms with van der Waals surface area (Å²) in [7, 11) is 0. The van der Waals surface area contributed by atoms with Crippen molar-refractivity contribution in [3.05, 3.63) is 83.6 Å². The van der Waals surface area contributed by atoms with Gasteiger partial charge in [0, 0.05) is 40.9 Å². The minimum Gasteiger partial charge on any atom is -0.305 e. The number of pyridine rings is 1. The minimum atomic E-state index is 0.908. The molecule has 5 heteroatoms. The monoisotopic (exact) mass is 376 g/mol. The number of rotatable bonds is 3. The molecule has 2 aromatic carbocycles. The summed E-state index contributed by atoms with van der Waals surface area (Å²) in [4.78, 5) is 12.8. The van der Waals surface area contributed by atoms with Crippen LogP contribution in [0.1, 0.15) is 5.56 Å². The molecule has 0 aliphatic rings. The number of fused-ring (bicyclic) bond motifs is 1. The minimum absolute atomic E-state index is 0.908. The molecule has 0 aliphatic heterocycles. The summed E-state index contributed by atoms with van der Waals surface area (Å²) in [6.45, 7) is 0. The van der Waals surface area contributed by atoms with E-state index in [0.717, 1.165) is 32.2 Å². The predicted octanol–water partition coefficient (Wildman–Crippen LogP) is 4.93. The molecule has 0 N–H and O–H groups in total. The van der Waals surface area contributed by atoms with Crippen LogP contribution in [0.25, 0.3) is 16.5 Å². The van der Waals surface area contributed by atoms with Gasteiger partial charge >= 0.3 is 0 Å². The van der Waals surface area contributed by atoms with E-state index >= 15 is 0 Å². The van der Waals surface area contributed by atoms with E-state index in [1.54, 1.807) is 18.7 Å². The maximum atomic E-state index is 4.57. The van der Waals surface area contributed by atoms with Gasteiger partial charge in [0.1, 0.15) is 0 Å². The van der Waals surface area contributed by atoms with Gasteiger partial charge in [0.25, 0.3) is 0 Å². The van der Waals surface area contributed by atoms with Crippen LogP contribution in [-0.4, -0.2) is 20.7 Å². The van der Waals surface area contributed by atoms with Crippen LogP contribution < -0.4 is 0 Å². The lowest BCUT2D eigenvalue weighted by Crippen LogP contribution is -1.92. The molecule has 0 radical (unpaired) electrons. The van der Waals surface area contributed by atoms with Gasteiger partial charge < -0.3 is 4.57 Å². The molecule has 0 atom stereocenters. The van der Waals surface area contributed by atoms with E-state index in [9.17, 15) is 0 Å². The van der Waals surface area contributed by atoms with Crippen LogP contribution in [0.3, 0.4) is 0 Å². The van der Waals surface area contributed by atoms with Gasteiger partial charge in [0.2, 0.25) is 0 Å². The largest absolute Gasteiger partial charge is 0.305 e. The van der Waals surface area contributed by atoms with Crippen LogP contribution in [0, 0.1) is 0 Å². The molecular weight excluding hydrogens is 364 g/mol. The summed E-state index contributed by atoms with van der Waals surface area (Å²) in [5.74, 6) is 0. The first-order valence-corrected chi connectivity index (χ1v) is 8.25. The van der Waals surface area contributed by atoms with Gasteiger partial charge in [-0.3, -0.25) is 9.98 Å². The Morgan fingerprint density at radius 1 is 0.958 bits per heavy atom. The summed E-state index contributed by atoms with van der Waals surface area (Å²) in [5.41, 5.74) is 2.98. The Kier molecular flexibility index (Phi) is 3.92. The van der Waals surface area contributed by atoms with E-state index in [-0.39, 0.29) is 0 Å². The van der Waals surface area contributed by atoms with Crippen LogP contribution in [0.15, 0.2) is 83.0 Å². The van der Waals surface area contributed by atoms with Gasteiger partial charge in [-0.1, -0.05) is 12.1 Å². The Bertz CT molecular complexity index is 1020. The molecule has 0 saturated carbocycles. The molecule has 0 unspecified atom stereocenters. The number of aromatic nitrogens is 3. The zero-order valence-electron chi connectivity index (χ0n) is 12.7. The summed E-state index contributed by atoms with van der Waals surface area (Å²) < 4.78 is 2.95. The average molecular weight is 377 g/mol. The van der Waals surface area contributed by atoms with Crippen molar-refractivity contribution < 1.29 is 0 Å².